The van der Waals surface area contributed by atoms with Crippen molar-refractivity contribution in [3.05, 3.63) is 18.0 Å². The Kier molecular flexibility index (Phi) is 3.63. The maximum absolute atomic E-state index is 8.78. The Morgan fingerprint density at radius 1 is 1.27 bits per heavy atom. The second-order valence-corrected chi connectivity index (χ2v) is 4.67. The average molecular weight is 209 g/mol. The summed E-state index contributed by atoms with van der Waals surface area (Å²) in [5.74, 6) is 0.650. The molecule has 0 aliphatic carbocycles. The highest BCUT2D eigenvalue weighted by Gasteiger charge is 2.14. The summed E-state index contributed by atoms with van der Waals surface area (Å²) in [6.45, 7) is 7.05. The number of aliphatic hydroxyl groups is 1. The number of aliphatic hydroxyl groups excluding tert-OH is 1. The molecule has 1 aromatic rings. The number of aromatic nitrogens is 2. The third-order valence-electron chi connectivity index (χ3n) is 2.28. The zero-order chi connectivity index (χ0) is 11.5. The van der Waals surface area contributed by atoms with Gasteiger partial charge in [-0.05, 0) is 11.0 Å². The standard InChI is InChI=1S/C11H19N3O/c1-11(2,3)9-7-12-10(13-8-9)14(4)5-6-15/h7-8,15H,5-6H2,1-4H3. The molecule has 1 rings (SSSR count). The summed E-state index contributed by atoms with van der Waals surface area (Å²) in [5, 5.41) is 8.78. The van der Waals surface area contributed by atoms with Crippen molar-refractivity contribution >= 4 is 5.95 Å². The predicted octanol–water partition coefficient (Wildman–Crippen LogP) is 1.20. The van der Waals surface area contributed by atoms with E-state index in [1.54, 1.807) is 0 Å². The van der Waals surface area contributed by atoms with Gasteiger partial charge < -0.3 is 10.0 Å². The Labute approximate surface area is 91.0 Å². The molecule has 0 bridgehead atoms. The minimum Gasteiger partial charge on any atom is -0.395 e. The van der Waals surface area contributed by atoms with Crippen LogP contribution >= 0.6 is 0 Å². The Morgan fingerprint density at radius 2 is 1.80 bits per heavy atom. The zero-order valence-corrected chi connectivity index (χ0v) is 9.86. The van der Waals surface area contributed by atoms with Gasteiger partial charge in [0.25, 0.3) is 0 Å². The van der Waals surface area contributed by atoms with Crippen LogP contribution in [0.4, 0.5) is 5.95 Å². The summed E-state index contributed by atoms with van der Waals surface area (Å²) < 4.78 is 0. The molecule has 0 fully saturated rings. The van der Waals surface area contributed by atoms with Crippen molar-refractivity contribution in [3.63, 3.8) is 0 Å². The lowest BCUT2D eigenvalue weighted by Crippen LogP contribution is -2.24. The number of nitrogens with zero attached hydrogens (tertiary/aromatic N) is 3. The van der Waals surface area contributed by atoms with Crippen LogP contribution in [-0.4, -0.2) is 35.3 Å². The van der Waals surface area contributed by atoms with Gasteiger partial charge in [0, 0.05) is 26.0 Å². The molecule has 0 aromatic carbocycles. The van der Waals surface area contributed by atoms with Gasteiger partial charge in [-0.2, -0.15) is 0 Å². The van der Waals surface area contributed by atoms with E-state index in [2.05, 4.69) is 30.7 Å². The highest BCUT2D eigenvalue weighted by Crippen LogP contribution is 2.20. The van der Waals surface area contributed by atoms with Crippen molar-refractivity contribution in [2.24, 2.45) is 0 Å². The molecule has 1 N–H and O–H groups in total. The summed E-state index contributed by atoms with van der Waals surface area (Å²) in [6, 6.07) is 0. The Balaban J connectivity index is 2.81. The first kappa shape index (κ1) is 11.9. The third kappa shape index (κ3) is 3.16. The molecule has 1 aromatic heterocycles. The maximum Gasteiger partial charge on any atom is 0.225 e. The summed E-state index contributed by atoms with van der Waals surface area (Å²) in [6.07, 6.45) is 3.69. The molecule has 0 unspecified atom stereocenters. The van der Waals surface area contributed by atoms with E-state index in [4.69, 9.17) is 5.11 Å². The van der Waals surface area contributed by atoms with Crippen LogP contribution in [0.3, 0.4) is 0 Å². The summed E-state index contributed by atoms with van der Waals surface area (Å²) in [7, 11) is 1.86. The van der Waals surface area contributed by atoms with Crippen molar-refractivity contribution in [2.75, 3.05) is 25.1 Å². The molecule has 0 aliphatic heterocycles. The fraction of sp³-hybridized carbons (Fsp3) is 0.636. The Bertz CT molecular complexity index is 303. The molecule has 4 heteroatoms. The number of anilines is 1. The van der Waals surface area contributed by atoms with E-state index < -0.39 is 0 Å². The van der Waals surface area contributed by atoms with E-state index in [-0.39, 0.29) is 12.0 Å². The topological polar surface area (TPSA) is 49.2 Å². The van der Waals surface area contributed by atoms with Crippen molar-refractivity contribution in [3.8, 4) is 0 Å². The SMILES string of the molecule is CN(CCO)c1ncc(C(C)(C)C)cn1. The number of hydrogen-bond acceptors (Lipinski definition) is 4. The van der Waals surface area contributed by atoms with Gasteiger partial charge in [0.05, 0.1) is 6.61 Å². The van der Waals surface area contributed by atoms with Crippen LogP contribution < -0.4 is 4.90 Å². The summed E-state index contributed by atoms with van der Waals surface area (Å²) in [5.41, 5.74) is 1.19. The lowest BCUT2D eigenvalue weighted by molar-refractivity contribution is 0.303. The monoisotopic (exact) mass is 209 g/mol. The fourth-order valence-corrected chi connectivity index (χ4v) is 1.16. The molecular formula is C11H19N3O. The van der Waals surface area contributed by atoms with Crippen molar-refractivity contribution in [2.45, 2.75) is 26.2 Å². The van der Waals surface area contributed by atoms with Crippen LogP contribution in [-0.2, 0) is 5.41 Å². The van der Waals surface area contributed by atoms with Gasteiger partial charge in [-0.1, -0.05) is 20.8 Å². The largest absolute Gasteiger partial charge is 0.395 e. The Morgan fingerprint density at radius 3 is 2.20 bits per heavy atom. The fourth-order valence-electron chi connectivity index (χ4n) is 1.16. The molecule has 1 heterocycles. The first-order chi connectivity index (χ1) is 6.95. The summed E-state index contributed by atoms with van der Waals surface area (Å²) in [4.78, 5) is 10.4. The zero-order valence-electron chi connectivity index (χ0n) is 9.86. The van der Waals surface area contributed by atoms with Gasteiger partial charge in [0.15, 0.2) is 0 Å². The summed E-state index contributed by atoms with van der Waals surface area (Å²) >= 11 is 0. The van der Waals surface area contributed by atoms with Gasteiger partial charge >= 0.3 is 0 Å². The predicted molar refractivity (Wildman–Crippen MR) is 61.1 cm³/mol. The van der Waals surface area contributed by atoms with Crippen LogP contribution in [0.5, 0.6) is 0 Å². The van der Waals surface area contributed by atoms with E-state index in [0.717, 1.165) is 5.56 Å². The van der Waals surface area contributed by atoms with E-state index in [1.807, 2.05) is 24.3 Å². The molecular weight excluding hydrogens is 190 g/mol. The van der Waals surface area contributed by atoms with Gasteiger partial charge in [-0.25, -0.2) is 9.97 Å². The second kappa shape index (κ2) is 4.57. The van der Waals surface area contributed by atoms with E-state index in [1.165, 1.54) is 0 Å². The van der Waals surface area contributed by atoms with Crippen LogP contribution in [0.25, 0.3) is 0 Å². The number of rotatable bonds is 3. The second-order valence-electron chi connectivity index (χ2n) is 4.67. The van der Waals surface area contributed by atoms with Gasteiger partial charge in [0.1, 0.15) is 0 Å². The van der Waals surface area contributed by atoms with E-state index >= 15 is 0 Å². The highest BCUT2D eigenvalue weighted by molar-refractivity contribution is 5.29. The van der Waals surface area contributed by atoms with Crippen molar-refractivity contribution in [1.29, 1.82) is 0 Å². The van der Waals surface area contributed by atoms with Crippen LogP contribution in [0.1, 0.15) is 26.3 Å². The van der Waals surface area contributed by atoms with Gasteiger partial charge in [-0.3, -0.25) is 0 Å². The molecule has 4 nitrogen and oxygen atoms in total. The minimum absolute atomic E-state index is 0.0775. The molecule has 15 heavy (non-hydrogen) atoms. The van der Waals surface area contributed by atoms with E-state index in [0.29, 0.717) is 12.5 Å². The molecule has 0 saturated heterocycles. The first-order valence-electron chi connectivity index (χ1n) is 5.09. The lowest BCUT2D eigenvalue weighted by Gasteiger charge is -2.20. The van der Waals surface area contributed by atoms with Crippen molar-refractivity contribution < 1.29 is 5.11 Å². The average Bonchev–Trinajstić information content (AvgIpc) is 2.17. The number of likely N-dealkylation sites (N-methyl/N-ethyl adjacent to an activating group) is 1. The van der Waals surface area contributed by atoms with Crippen molar-refractivity contribution in [1.82, 2.24) is 9.97 Å². The molecule has 0 saturated carbocycles. The normalized spacial score (nSPS) is 11.5. The first-order valence-corrected chi connectivity index (χ1v) is 5.09. The molecule has 0 spiro atoms. The van der Waals surface area contributed by atoms with Gasteiger partial charge in [0.2, 0.25) is 5.95 Å². The van der Waals surface area contributed by atoms with Gasteiger partial charge in [-0.15, -0.1) is 0 Å². The van der Waals surface area contributed by atoms with Crippen LogP contribution in [0.15, 0.2) is 12.4 Å². The molecule has 84 valence electrons. The van der Waals surface area contributed by atoms with E-state index in [9.17, 15) is 0 Å². The maximum atomic E-state index is 8.78. The lowest BCUT2D eigenvalue weighted by atomic mass is 9.89. The minimum atomic E-state index is 0.0775. The molecule has 0 atom stereocenters. The third-order valence-corrected chi connectivity index (χ3v) is 2.28. The number of hydrogen-bond donors (Lipinski definition) is 1. The molecule has 0 radical (unpaired) electrons. The quantitative estimate of drug-likeness (QED) is 0.812. The molecule has 0 aliphatic rings. The van der Waals surface area contributed by atoms with Crippen LogP contribution in [0.2, 0.25) is 0 Å². The van der Waals surface area contributed by atoms with Crippen LogP contribution in [0, 0.1) is 0 Å². The molecule has 0 amide bonds. The Hall–Kier alpha value is -1.16. The highest BCUT2D eigenvalue weighted by atomic mass is 16.3. The smallest absolute Gasteiger partial charge is 0.225 e.